The normalized spacial score (nSPS) is 12.6. The van der Waals surface area contributed by atoms with E-state index in [1.54, 1.807) is 0 Å². The molecular weight excluding hydrogens is 741 g/mol. The molecular formula is C57H40N4. The van der Waals surface area contributed by atoms with Crippen molar-refractivity contribution in [3.8, 4) is 89.9 Å². The van der Waals surface area contributed by atoms with Crippen LogP contribution in [-0.2, 0) is 5.41 Å². The molecule has 0 atom stereocenters. The number of nitrogens with zero attached hydrogens (tertiary/aromatic N) is 4. The van der Waals surface area contributed by atoms with Crippen LogP contribution in [0.1, 0.15) is 25.0 Å². The molecule has 0 aliphatic heterocycles. The van der Waals surface area contributed by atoms with Crippen molar-refractivity contribution in [1.29, 1.82) is 0 Å². The minimum atomic E-state index is -0.169. The van der Waals surface area contributed by atoms with Crippen LogP contribution < -0.4 is 0 Å². The Bertz CT molecular complexity index is 3190. The first-order chi connectivity index (χ1) is 30.0. The zero-order valence-corrected chi connectivity index (χ0v) is 33.9. The minimum absolute atomic E-state index is 0.169. The molecule has 61 heavy (non-hydrogen) atoms. The maximum atomic E-state index is 5.49. The van der Waals surface area contributed by atoms with Crippen LogP contribution in [0.15, 0.2) is 206 Å². The first-order valence-corrected chi connectivity index (χ1v) is 20.8. The predicted octanol–water partition coefficient (Wildman–Crippen LogP) is 14.4. The van der Waals surface area contributed by atoms with Crippen molar-refractivity contribution >= 4 is 10.9 Å². The molecule has 8 aromatic carbocycles. The Morgan fingerprint density at radius 3 is 1.41 bits per heavy atom. The summed E-state index contributed by atoms with van der Waals surface area (Å²) < 4.78 is 0. The van der Waals surface area contributed by atoms with Crippen molar-refractivity contribution in [3.05, 3.63) is 217 Å². The Morgan fingerprint density at radius 1 is 0.295 bits per heavy atom. The monoisotopic (exact) mass is 780 g/mol. The fourth-order valence-corrected chi connectivity index (χ4v) is 8.94. The third-order valence-corrected chi connectivity index (χ3v) is 12.1. The van der Waals surface area contributed by atoms with Gasteiger partial charge in [-0.3, -0.25) is 0 Å². The third-order valence-electron chi connectivity index (χ3n) is 12.1. The molecule has 0 radical (unpaired) electrons. The lowest BCUT2D eigenvalue weighted by Gasteiger charge is -2.22. The van der Waals surface area contributed by atoms with E-state index in [1.165, 1.54) is 27.8 Å². The molecule has 0 saturated carbocycles. The molecule has 10 aromatic rings. The van der Waals surface area contributed by atoms with Crippen molar-refractivity contribution in [1.82, 2.24) is 19.9 Å². The Kier molecular flexibility index (Phi) is 8.79. The van der Waals surface area contributed by atoms with Crippen LogP contribution in [0.2, 0.25) is 0 Å². The lowest BCUT2D eigenvalue weighted by molar-refractivity contribution is 0.661. The van der Waals surface area contributed by atoms with Crippen molar-refractivity contribution in [3.63, 3.8) is 0 Å². The van der Waals surface area contributed by atoms with Crippen LogP contribution in [-0.4, -0.2) is 19.9 Å². The molecule has 11 rings (SSSR count). The van der Waals surface area contributed by atoms with Crippen molar-refractivity contribution < 1.29 is 0 Å². The number of benzene rings is 8. The van der Waals surface area contributed by atoms with Gasteiger partial charge in [0.15, 0.2) is 17.5 Å². The maximum absolute atomic E-state index is 5.49. The molecule has 0 saturated heterocycles. The van der Waals surface area contributed by atoms with Gasteiger partial charge in [0.05, 0.1) is 11.2 Å². The lowest BCUT2D eigenvalue weighted by atomic mass is 9.82. The largest absolute Gasteiger partial charge is 0.248 e. The van der Waals surface area contributed by atoms with Gasteiger partial charge in [0.2, 0.25) is 0 Å². The number of hydrogen-bond donors (Lipinski definition) is 0. The molecule has 0 unspecified atom stereocenters. The average Bonchev–Trinajstić information content (AvgIpc) is 3.56. The minimum Gasteiger partial charge on any atom is -0.248 e. The van der Waals surface area contributed by atoms with E-state index in [2.05, 4.69) is 184 Å². The molecule has 0 bridgehead atoms. The standard InChI is InChI=1S/C57H40N4/c1-57(2)50-29-16-15-28-46(50)48-34-49-47(35-52(58-53(49)36-51(48)57)42-27-17-26-41(30-42)37-18-7-3-8-19-37)44-31-43(38-20-9-4-10-21-38)32-45(33-44)56-60-54(39-22-11-5-12-23-39)59-55(61-56)40-24-13-6-14-25-40/h3-36H,1-2H3. The fourth-order valence-electron chi connectivity index (χ4n) is 8.94. The van der Waals surface area contributed by atoms with Crippen LogP contribution in [0, 0.1) is 0 Å². The van der Waals surface area contributed by atoms with Gasteiger partial charge in [0, 0.05) is 33.1 Å². The summed E-state index contributed by atoms with van der Waals surface area (Å²) in [7, 11) is 0. The van der Waals surface area contributed by atoms with Crippen molar-refractivity contribution in [2.24, 2.45) is 0 Å². The van der Waals surface area contributed by atoms with Gasteiger partial charge in [0.1, 0.15) is 0 Å². The van der Waals surface area contributed by atoms with Gasteiger partial charge >= 0.3 is 0 Å². The molecule has 1 aliphatic rings. The highest BCUT2D eigenvalue weighted by Crippen LogP contribution is 2.51. The molecule has 0 spiro atoms. The highest BCUT2D eigenvalue weighted by Gasteiger charge is 2.36. The molecule has 0 fully saturated rings. The van der Waals surface area contributed by atoms with Gasteiger partial charge in [-0.1, -0.05) is 178 Å². The summed E-state index contributed by atoms with van der Waals surface area (Å²) in [6.07, 6.45) is 0. The predicted molar refractivity (Wildman–Crippen MR) is 251 cm³/mol. The first-order valence-electron chi connectivity index (χ1n) is 20.8. The van der Waals surface area contributed by atoms with E-state index < -0.39 is 0 Å². The molecule has 2 heterocycles. The third kappa shape index (κ3) is 6.59. The summed E-state index contributed by atoms with van der Waals surface area (Å²) in [6.45, 7) is 4.66. The number of pyridine rings is 1. The quantitative estimate of drug-likeness (QED) is 0.162. The van der Waals surface area contributed by atoms with Crippen molar-refractivity contribution in [2.45, 2.75) is 19.3 Å². The Balaban J connectivity index is 1.18. The van der Waals surface area contributed by atoms with Crippen LogP contribution in [0.25, 0.3) is 101 Å². The summed E-state index contributed by atoms with van der Waals surface area (Å²) in [5.74, 6) is 1.86. The molecule has 1 aliphatic carbocycles. The van der Waals surface area contributed by atoms with E-state index >= 15 is 0 Å². The van der Waals surface area contributed by atoms with Crippen LogP contribution in [0.3, 0.4) is 0 Å². The summed E-state index contributed by atoms with van der Waals surface area (Å²) in [6, 6.07) is 72.7. The number of rotatable bonds is 7. The second-order valence-corrected chi connectivity index (χ2v) is 16.3. The van der Waals surface area contributed by atoms with Crippen LogP contribution in [0.4, 0.5) is 0 Å². The van der Waals surface area contributed by atoms with E-state index in [1.807, 2.05) is 36.4 Å². The summed E-state index contributed by atoms with van der Waals surface area (Å²) in [5.41, 5.74) is 17.3. The SMILES string of the molecule is CC1(C)c2ccccc2-c2cc3c(-c4cc(-c5ccccc5)cc(-c5nc(-c6ccccc6)nc(-c6ccccc6)n5)c4)cc(-c4cccc(-c5ccccc5)c4)nc3cc21. The number of aromatic nitrogens is 4. The summed E-state index contributed by atoms with van der Waals surface area (Å²) >= 11 is 0. The van der Waals surface area contributed by atoms with Crippen LogP contribution >= 0.6 is 0 Å². The smallest absolute Gasteiger partial charge is 0.164 e. The van der Waals surface area contributed by atoms with E-state index in [-0.39, 0.29) is 5.41 Å². The van der Waals surface area contributed by atoms with Crippen molar-refractivity contribution in [2.75, 3.05) is 0 Å². The van der Waals surface area contributed by atoms with Gasteiger partial charge in [-0.05, 0) is 98.1 Å². The summed E-state index contributed by atoms with van der Waals surface area (Å²) in [5, 5.41) is 1.09. The maximum Gasteiger partial charge on any atom is 0.164 e. The Hall–Kier alpha value is -7.82. The van der Waals surface area contributed by atoms with Gasteiger partial charge in [-0.25, -0.2) is 19.9 Å². The topological polar surface area (TPSA) is 51.6 Å². The highest BCUT2D eigenvalue weighted by atomic mass is 15.0. The Morgan fingerprint density at radius 2 is 0.770 bits per heavy atom. The molecule has 4 heteroatoms. The zero-order chi connectivity index (χ0) is 40.9. The van der Waals surface area contributed by atoms with E-state index in [4.69, 9.17) is 19.9 Å². The van der Waals surface area contributed by atoms with E-state index in [0.29, 0.717) is 17.5 Å². The zero-order valence-electron chi connectivity index (χ0n) is 33.9. The molecule has 0 N–H and O–H groups in total. The van der Waals surface area contributed by atoms with Gasteiger partial charge in [-0.2, -0.15) is 0 Å². The van der Waals surface area contributed by atoms with E-state index in [0.717, 1.165) is 66.7 Å². The molecule has 288 valence electrons. The Labute approximate surface area is 356 Å². The molecule has 4 nitrogen and oxygen atoms in total. The lowest BCUT2D eigenvalue weighted by Crippen LogP contribution is -2.14. The second kappa shape index (κ2) is 14.8. The van der Waals surface area contributed by atoms with Gasteiger partial charge in [0.25, 0.3) is 0 Å². The summed E-state index contributed by atoms with van der Waals surface area (Å²) in [4.78, 5) is 20.9. The first kappa shape index (κ1) is 36.3. The average molecular weight is 781 g/mol. The van der Waals surface area contributed by atoms with Gasteiger partial charge < -0.3 is 0 Å². The fraction of sp³-hybridized carbons (Fsp3) is 0.0526. The molecule has 2 aromatic heterocycles. The molecule has 0 amide bonds. The van der Waals surface area contributed by atoms with Crippen LogP contribution in [0.5, 0.6) is 0 Å². The number of hydrogen-bond acceptors (Lipinski definition) is 4. The number of fused-ring (bicyclic) bond motifs is 4. The highest BCUT2D eigenvalue weighted by molar-refractivity contribution is 6.02. The van der Waals surface area contributed by atoms with Gasteiger partial charge in [-0.15, -0.1) is 0 Å². The second-order valence-electron chi connectivity index (χ2n) is 16.3. The van der Waals surface area contributed by atoms with E-state index in [9.17, 15) is 0 Å².